The van der Waals surface area contributed by atoms with Gasteiger partial charge in [0, 0.05) is 55.6 Å². The number of carbonyl (C=O) groups is 1. The first-order chi connectivity index (χ1) is 16.4. The fraction of sp³-hybridized carbons (Fsp3) is 0.308. The molecule has 1 saturated heterocycles. The number of morpholine rings is 1. The van der Waals surface area contributed by atoms with E-state index in [-0.39, 0.29) is 11.7 Å². The number of hydrogen-bond acceptors (Lipinski definition) is 7. The average Bonchev–Trinajstić information content (AvgIpc) is 2.86. The molecule has 8 nitrogen and oxygen atoms in total. The lowest BCUT2D eigenvalue weighted by molar-refractivity contribution is -0.114. The zero-order chi connectivity index (χ0) is 24.7. The first-order valence-corrected chi connectivity index (χ1v) is 11.3. The highest BCUT2D eigenvalue weighted by Crippen LogP contribution is 2.31. The molecule has 0 atom stereocenters. The van der Waals surface area contributed by atoms with Gasteiger partial charge in [0.1, 0.15) is 11.4 Å². The molecule has 3 rings (SSSR count). The predicted octanol–water partition coefficient (Wildman–Crippen LogP) is 3.86. The lowest BCUT2D eigenvalue weighted by Crippen LogP contribution is -2.36. The van der Waals surface area contributed by atoms with Gasteiger partial charge in [0.15, 0.2) is 0 Å². The third-order valence-corrected chi connectivity index (χ3v) is 5.81. The van der Waals surface area contributed by atoms with Gasteiger partial charge in [0.05, 0.1) is 18.9 Å². The number of phenolic OH excluding ortho intramolecular Hbond substituents is 1. The van der Waals surface area contributed by atoms with E-state index >= 15 is 0 Å². The highest BCUT2D eigenvalue weighted by atomic mass is 16.5. The van der Waals surface area contributed by atoms with Crippen LogP contribution in [0.25, 0.3) is 5.57 Å². The molecule has 2 aromatic carbocycles. The molecule has 0 aliphatic carbocycles. The predicted molar refractivity (Wildman–Crippen MR) is 139 cm³/mol. The Labute approximate surface area is 200 Å². The molecule has 1 amide bonds. The second-order valence-corrected chi connectivity index (χ2v) is 8.08. The van der Waals surface area contributed by atoms with E-state index in [1.807, 2.05) is 38.1 Å². The van der Waals surface area contributed by atoms with Gasteiger partial charge in [-0.15, -0.1) is 0 Å². The number of likely N-dealkylation sites (N-methyl/N-ethyl adjacent to an activating group) is 1. The van der Waals surface area contributed by atoms with Crippen LogP contribution in [0.15, 0.2) is 54.4 Å². The number of allylic oxidation sites excluding steroid dienone is 2. The first-order valence-electron chi connectivity index (χ1n) is 11.3. The fourth-order valence-corrected chi connectivity index (χ4v) is 3.85. The molecule has 34 heavy (non-hydrogen) atoms. The van der Waals surface area contributed by atoms with Crippen molar-refractivity contribution in [3.8, 4) is 5.75 Å². The van der Waals surface area contributed by atoms with E-state index in [1.165, 1.54) is 12.4 Å². The van der Waals surface area contributed by atoms with Crippen molar-refractivity contribution in [3.05, 3.63) is 65.5 Å². The van der Waals surface area contributed by atoms with Crippen molar-refractivity contribution < 1.29 is 14.6 Å². The minimum atomic E-state index is -0.244. The zero-order valence-corrected chi connectivity index (χ0v) is 20.0. The van der Waals surface area contributed by atoms with Gasteiger partial charge in [-0.2, -0.15) is 0 Å². The van der Waals surface area contributed by atoms with Gasteiger partial charge in [0.25, 0.3) is 5.91 Å². The lowest BCUT2D eigenvalue weighted by Gasteiger charge is -2.29. The lowest BCUT2D eigenvalue weighted by atomic mass is 10.0. The van der Waals surface area contributed by atoms with Crippen LogP contribution in [-0.4, -0.2) is 50.6 Å². The van der Waals surface area contributed by atoms with Crippen LogP contribution in [0.2, 0.25) is 0 Å². The van der Waals surface area contributed by atoms with Gasteiger partial charge < -0.3 is 36.1 Å². The highest BCUT2D eigenvalue weighted by Gasteiger charge is 2.20. The standard InChI is InChI=1S/C26H33N5O3/c1-4-5-23(29-22-9-8-21(15-25(22)32)31-10-12-34-13-11-31)26(33)30(3)24-14-19(7-6-18(24)2)20(16-27)17-28/h5-9,14-17,27,29,32H,4,10-13,28H2,1-3H3/b20-17+,23-5-,27-16?. The van der Waals surface area contributed by atoms with Crippen molar-refractivity contribution in [3.63, 3.8) is 0 Å². The summed E-state index contributed by atoms with van der Waals surface area (Å²) >= 11 is 0. The van der Waals surface area contributed by atoms with Gasteiger partial charge in [-0.1, -0.05) is 25.1 Å². The van der Waals surface area contributed by atoms with Gasteiger partial charge in [-0.05, 0) is 42.7 Å². The normalized spacial score (nSPS) is 14.6. The Kier molecular flexibility index (Phi) is 8.32. The quantitative estimate of drug-likeness (QED) is 0.269. The largest absolute Gasteiger partial charge is 0.506 e. The molecule has 180 valence electrons. The molecular formula is C26H33N5O3. The Morgan fingerprint density at radius 1 is 1.26 bits per heavy atom. The van der Waals surface area contributed by atoms with E-state index in [2.05, 4.69) is 10.2 Å². The Morgan fingerprint density at radius 3 is 2.62 bits per heavy atom. The molecule has 0 saturated carbocycles. The smallest absolute Gasteiger partial charge is 0.274 e. The van der Waals surface area contributed by atoms with Crippen molar-refractivity contribution in [1.29, 1.82) is 5.41 Å². The topological polar surface area (TPSA) is 115 Å². The number of benzene rings is 2. The van der Waals surface area contributed by atoms with E-state index in [0.29, 0.717) is 42.3 Å². The van der Waals surface area contributed by atoms with Crippen LogP contribution in [-0.2, 0) is 9.53 Å². The molecule has 1 fully saturated rings. The Morgan fingerprint density at radius 2 is 2.00 bits per heavy atom. The zero-order valence-electron chi connectivity index (χ0n) is 20.0. The molecule has 0 spiro atoms. The summed E-state index contributed by atoms with van der Waals surface area (Å²) in [7, 11) is 1.71. The van der Waals surface area contributed by atoms with E-state index in [9.17, 15) is 9.90 Å². The number of hydrogen-bond donors (Lipinski definition) is 4. The minimum absolute atomic E-state index is 0.0725. The second-order valence-electron chi connectivity index (χ2n) is 8.08. The highest BCUT2D eigenvalue weighted by molar-refractivity contribution is 6.10. The van der Waals surface area contributed by atoms with E-state index < -0.39 is 0 Å². The van der Waals surface area contributed by atoms with Crippen molar-refractivity contribution in [1.82, 2.24) is 0 Å². The molecule has 1 heterocycles. The SMILES string of the molecule is CC/C=C(\Nc1ccc(N2CCOCC2)cc1O)C(=O)N(C)c1cc(/C(C=N)=C/N)ccc1C. The Balaban J connectivity index is 1.84. The number of nitrogens with zero attached hydrogens (tertiary/aromatic N) is 2. The number of aromatic hydroxyl groups is 1. The third-order valence-electron chi connectivity index (χ3n) is 5.81. The molecule has 2 aromatic rings. The van der Waals surface area contributed by atoms with E-state index in [0.717, 1.165) is 29.9 Å². The number of aryl methyl sites for hydroxylation is 1. The summed E-state index contributed by atoms with van der Waals surface area (Å²) in [6.45, 7) is 6.74. The molecule has 1 aliphatic heterocycles. The number of nitrogens with two attached hydrogens (primary N) is 1. The first kappa shape index (κ1) is 24.9. The van der Waals surface area contributed by atoms with E-state index in [1.54, 1.807) is 30.2 Å². The molecule has 5 N–H and O–H groups in total. The number of anilines is 3. The monoisotopic (exact) mass is 463 g/mol. The van der Waals surface area contributed by atoms with Crippen LogP contribution >= 0.6 is 0 Å². The number of carbonyl (C=O) groups excluding carboxylic acids is 1. The number of nitrogens with one attached hydrogen (secondary N) is 2. The maximum absolute atomic E-state index is 13.4. The van der Waals surface area contributed by atoms with Crippen LogP contribution < -0.4 is 20.9 Å². The summed E-state index contributed by atoms with van der Waals surface area (Å²) in [6, 6.07) is 11.0. The molecule has 0 radical (unpaired) electrons. The summed E-state index contributed by atoms with van der Waals surface area (Å²) in [5, 5.41) is 21.3. The molecule has 0 bridgehead atoms. The van der Waals surface area contributed by atoms with Crippen LogP contribution in [0.4, 0.5) is 17.1 Å². The van der Waals surface area contributed by atoms with E-state index in [4.69, 9.17) is 15.9 Å². The second kappa shape index (κ2) is 11.4. The summed E-state index contributed by atoms with van der Waals surface area (Å²) < 4.78 is 5.40. The average molecular weight is 464 g/mol. The van der Waals surface area contributed by atoms with Gasteiger partial charge in [0.2, 0.25) is 0 Å². The number of amides is 1. The Bertz CT molecular complexity index is 1100. The maximum Gasteiger partial charge on any atom is 0.274 e. The molecule has 1 aliphatic rings. The van der Waals surface area contributed by atoms with Crippen molar-refractivity contribution in [2.75, 3.05) is 48.5 Å². The molecule has 0 aromatic heterocycles. The number of ether oxygens (including phenoxy) is 1. The maximum atomic E-state index is 13.4. The number of rotatable bonds is 8. The van der Waals surface area contributed by atoms with Gasteiger partial charge >= 0.3 is 0 Å². The summed E-state index contributed by atoms with van der Waals surface area (Å²) in [5.41, 5.74) is 10.3. The summed E-state index contributed by atoms with van der Waals surface area (Å²) in [5.74, 6) is -0.171. The van der Waals surface area contributed by atoms with Crippen molar-refractivity contribution in [2.24, 2.45) is 5.73 Å². The van der Waals surface area contributed by atoms with Crippen LogP contribution in [0.3, 0.4) is 0 Å². The third kappa shape index (κ3) is 5.58. The Hall–Kier alpha value is -3.78. The van der Waals surface area contributed by atoms with Crippen LogP contribution in [0, 0.1) is 12.3 Å². The van der Waals surface area contributed by atoms with Crippen molar-refractivity contribution in [2.45, 2.75) is 20.3 Å². The van der Waals surface area contributed by atoms with Crippen LogP contribution in [0.1, 0.15) is 24.5 Å². The van der Waals surface area contributed by atoms with Gasteiger partial charge in [-0.25, -0.2) is 0 Å². The van der Waals surface area contributed by atoms with Crippen molar-refractivity contribution >= 4 is 34.8 Å². The molecule has 0 unspecified atom stereocenters. The minimum Gasteiger partial charge on any atom is -0.506 e. The fourth-order valence-electron chi connectivity index (χ4n) is 3.85. The summed E-state index contributed by atoms with van der Waals surface area (Å²) in [6.07, 6.45) is 5.00. The van der Waals surface area contributed by atoms with Crippen LogP contribution in [0.5, 0.6) is 5.75 Å². The number of phenols is 1. The van der Waals surface area contributed by atoms with Gasteiger partial charge in [-0.3, -0.25) is 4.79 Å². The summed E-state index contributed by atoms with van der Waals surface area (Å²) in [4.78, 5) is 17.2. The molecule has 8 heteroatoms. The molecular weight excluding hydrogens is 430 g/mol.